The highest BCUT2D eigenvalue weighted by Gasteiger charge is 2.40. The molecule has 0 bridgehead atoms. The number of ether oxygens (including phenoxy) is 1. The maximum Gasteiger partial charge on any atom is 0.264 e. The number of nitrogens with two attached hydrogens (primary N) is 1. The van der Waals surface area contributed by atoms with Crippen LogP contribution in [0.15, 0.2) is 66.5 Å². The van der Waals surface area contributed by atoms with Crippen LogP contribution < -0.4 is 15.8 Å². The Morgan fingerprint density at radius 3 is 2.73 bits per heavy atom. The van der Waals surface area contributed by atoms with E-state index in [9.17, 15) is 10.1 Å². The first-order valence-electron chi connectivity index (χ1n) is 13.5. The average Bonchev–Trinajstić information content (AvgIpc) is 3.67. The molecule has 1 amide bonds. The third-order valence-corrected chi connectivity index (χ3v) is 7.78. The van der Waals surface area contributed by atoms with Gasteiger partial charge in [-0.2, -0.15) is 10.4 Å². The first kappa shape index (κ1) is 26.4. The molecule has 3 heterocycles. The maximum absolute atomic E-state index is 15.5. The van der Waals surface area contributed by atoms with Gasteiger partial charge >= 0.3 is 0 Å². The number of nitriles is 1. The third-order valence-electron chi connectivity index (χ3n) is 7.78. The molecule has 6 rings (SSSR count). The zero-order valence-corrected chi connectivity index (χ0v) is 22.5. The fourth-order valence-electron chi connectivity index (χ4n) is 5.34. The Kier molecular flexibility index (Phi) is 6.85. The lowest BCUT2D eigenvalue weighted by Gasteiger charge is -2.33. The molecule has 1 atom stereocenters. The number of likely N-dealkylation sites (N-methyl/N-ethyl adjacent to an activating group) is 1. The summed E-state index contributed by atoms with van der Waals surface area (Å²) in [5.74, 6) is 0.289. The molecule has 1 saturated carbocycles. The molecule has 0 unspecified atom stereocenters. The molecule has 2 aromatic carbocycles. The van der Waals surface area contributed by atoms with Crippen LogP contribution in [-0.2, 0) is 4.79 Å². The Hall–Kier alpha value is -4.82. The van der Waals surface area contributed by atoms with E-state index in [1.165, 1.54) is 12.4 Å². The van der Waals surface area contributed by atoms with E-state index in [-0.39, 0.29) is 34.4 Å². The van der Waals surface area contributed by atoms with Crippen molar-refractivity contribution in [3.05, 3.63) is 72.3 Å². The molecule has 0 spiro atoms. The van der Waals surface area contributed by atoms with E-state index in [1.54, 1.807) is 39.9 Å². The number of likely N-dealkylation sites (tertiary alicyclic amines) is 1. The lowest BCUT2D eigenvalue weighted by molar-refractivity contribution is -0.128. The second kappa shape index (κ2) is 10.6. The van der Waals surface area contributed by atoms with E-state index in [4.69, 9.17) is 15.6 Å². The highest BCUT2D eigenvalue weighted by molar-refractivity contribution is 5.99. The summed E-state index contributed by atoms with van der Waals surface area (Å²) in [6.07, 6.45) is 6.32. The first-order chi connectivity index (χ1) is 19.9. The molecule has 1 aliphatic heterocycles. The van der Waals surface area contributed by atoms with Gasteiger partial charge in [0.25, 0.3) is 5.91 Å². The van der Waals surface area contributed by atoms with Gasteiger partial charge in [-0.1, -0.05) is 18.2 Å². The molecule has 208 valence electrons. The van der Waals surface area contributed by atoms with E-state index >= 15 is 4.39 Å². The molecule has 2 aromatic heterocycles. The number of piperidine rings is 1. The minimum atomic E-state index is -0.531. The Morgan fingerprint density at radius 1 is 1.22 bits per heavy atom. The molecular weight excluding hydrogens is 523 g/mol. The number of halogens is 1. The second-order valence-corrected chi connectivity index (χ2v) is 10.4. The van der Waals surface area contributed by atoms with Crippen LogP contribution in [0.2, 0.25) is 0 Å². The Bertz CT molecular complexity index is 1690. The highest BCUT2D eigenvalue weighted by atomic mass is 19.1. The third kappa shape index (κ3) is 5.10. The second-order valence-electron chi connectivity index (χ2n) is 10.4. The quantitative estimate of drug-likeness (QED) is 0.255. The van der Waals surface area contributed by atoms with Gasteiger partial charge in [0.05, 0.1) is 11.4 Å². The van der Waals surface area contributed by atoms with Gasteiger partial charge in [0.2, 0.25) is 0 Å². The first-order valence-corrected chi connectivity index (χ1v) is 13.5. The highest BCUT2D eigenvalue weighted by Crippen LogP contribution is 2.38. The van der Waals surface area contributed by atoms with Crippen LogP contribution in [-0.4, -0.2) is 56.2 Å². The number of nitrogens with one attached hydrogen (secondary N) is 1. The lowest BCUT2D eigenvalue weighted by Crippen LogP contribution is -2.42. The number of amides is 1. The average molecular weight is 553 g/mol. The van der Waals surface area contributed by atoms with Gasteiger partial charge in [-0.25, -0.2) is 19.0 Å². The number of carbonyl (C=O) groups excluding carboxylic acids is 1. The lowest BCUT2D eigenvalue weighted by atomic mass is 10.0. The molecular formula is C30H29FN8O2. The summed E-state index contributed by atoms with van der Waals surface area (Å²) in [6.45, 7) is 0.860. The smallest absolute Gasteiger partial charge is 0.264 e. The minimum Gasteiger partial charge on any atom is -0.457 e. The van der Waals surface area contributed by atoms with Crippen molar-refractivity contribution in [3.63, 3.8) is 0 Å². The Morgan fingerprint density at radius 2 is 2.02 bits per heavy atom. The van der Waals surface area contributed by atoms with Gasteiger partial charge < -0.3 is 20.7 Å². The minimum absolute atomic E-state index is 0.134. The van der Waals surface area contributed by atoms with Crippen molar-refractivity contribution in [2.24, 2.45) is 0 Å². The molecule has 2 fully saturated rings. The number of carbonyl (C=O) groups is 1. The van der Waals surface area contributed by atoms with Crippen LogP contribution in [0, 0.1) is 17.1 Å². The van der Waals surface area contributed by atoms with Crippen LogP contribution >= 0.6 is 0 Å². The van der Waals surface area contributed by atoms with Crippen molar-refractivity contribution in [2.45, 2.75) is 37.3 Å². The summed E-state index contributed by atoms with van der Waals surface area (Å²) in [7, 11) is 1.83. The number of anilines is 1. The fourth-order valence-corrected chi connectivity index (χ4v) is 5.34. The Labute approximate surface area is 236 Å². The van der Waals surface area contributed by atoms with E-state index in [1.807, 2.05) is 25.2 Å². The summed E-state index contributed by atoms with van der Waals surface area (Å²) >= 11 is 0. The topological polar surface area (TPSA) is 135 Å². The van der Waals surface area contributed by atoms with Crippen molar-refractivity contribution in [2.75, 3.05) is 25.9 Å². The molecule has 41 heavy (non-hydrogen) atoms. The number of hydrogen-bond donors (Lipinski definition) is 2. The van der Waals surface area contributed by atoms with Crippen molar-refractivity contribution in [1.29, 1.82) is 5.26 Å². The molecule has 2 aliphatic rings. The summed E-state index contributed by atoms with van der Waals surface area (Å²) in [5.41, 5.74) is 7.13. The number of nitrogens with zero attached hydrogens (tertiary/aromatic N) is 6. The molecule has 4 aromatic rings. The standard InChI is InChI=1S/C30H29FN8O2/c1-34-30(11-12-30)15-19(16-32)29(40)38-13-5-6-20(17-38)39-28-25(27(33)35-18-36-28)26(37-39)23-10-9-22(14-24(23)31)41-21-7-3-2-4-8-21/h2-4,7-10,14-15,18,20,34H,5-6,11-13,17H2,1H3,(H2,33,35,36)/b19-15+/t20-/m0/s1. The summed E-state index contributed by atoms with van der Waals surface area (Å²) in [4.78, 5) is 23.6. The van der Waals surface area contributed by atoms with Crippen LogP contribution in [0.25, 0.3) is 22.3 Å². The molecule has 11 heteroatoms. The Balaban J connectivity index is 1.32. The van der Waals surface area contributed by atoms with Crippen LogP contribution in [0.3, 0.4) is 0 Å². The summed E-state index contributed by atoms with van der Waals surface area (Å²) < 4.78 is 23.0. The number of hydrogen-bond acceptors (Lipinski definition) is 8. The number of aromatic nitrogens is 4. The number of fused-ring (bicyclic) bond motifs is 1. The summed E-state index contributed by atoms with van der Waals surface area (Å²) in [5, 5.41) is 18.2. The fraction of sp³-hybridized carbons (Fsp3) is 0.300. The van der Waals surface area contributed by atoms with Gasteiger partial charge in [-0.15, -0.1) is 0 Å². The van der Waals surface area contributed by atoms with Gasteiger partial charge in [0.15, 0.2) is 5.65 Å². The van der Waals surface area contributed by atoms with E-state index in [2.05, 4.69) is 21.4 Å². The SMILES string of the molecule is CNC1(/C=C(\C#N)C(=O)N2CCC[C@H](n3nc(-c4ccc(Oc5ccccc5)cc4F)c4c(N)ncnc43)C2)CC1. The number of rotatable bonds is 7. The zero-order valence-electron chi connectivity index (χ0n) is 22.5. The van der Waals surface area contributed by atoms with Crippen LogP contribution in [0.1, 0.15) is 31.7 Å². The van der Waals surface area contributed by atoms with Crippen molar-refractivity contribution >= 4 is 22.8 Å². The molecule has 3 N–H and O–H groups in total. The van der Waals surface area contributed by atoms with E-state index < -0.39 is 5.82 Å². The number of nitrogen functional groups attached to an aromatic ring is 1. The zero-order chi connectivity index (χ0) is 28.6. The maximum atomic E-state index is 15.5. The van der Waals surface area contributed by atoms with Crippen molar-refractivity contribution in [3.8, 4) is 28.8 Å². The molecule has 0 radical (unpaired) electrons. The van der Waals surface area contributed by atoms with E-state index in [0.29, 0.717) is 47.7 Å². The number of para-hydroxylation sites is 1. The number of benzene rings is 2. The van der Waals surface area contributed by atoms with Gasteiger partial charge in [-0.05, 0) is 63.1 Å². The molecule has 1 saturated heterocycles. The van der Waals surface area contributed by atoms with Gasteiger partial charge in [-0.3, -0.25) is 4.79 Å². The van der Waals surface area contributed by atoms with Crippen LogP contribution in [0.4, 0.5) is 10.2 Å². The van der Waals surface area contributed by atoms with Gasteiger partial charge in [0.1, 0.15) is 46.8 Å². The van der Waals surface area contributed by atoms with Gasteiger partial charge in [0, 0.05) is 30.3 Å². The normalized spacial score (nSPS) is 18.2. The van der Waals surface area contributed by atoms with Crippen molar-refractivity contribution in [1.82, 2.24) is 30.0 Å². The summed E-state index contributed by atoms with van der Waals surface area (Å²) in [6, 6.07) is 15.5. The molecule has 10 nitrogen and oxygen atoms in total. The monoisotopic (exact) mass is 552 g/mol. The van der Waals surface area contributed by atoms with Crippen LogP contribution in [0.5, 0.6) is 11.5 Å². The largest absolute Gasteiger partial charge is 0.457 e. The predicted octanol–water partition coefficient (Wildman–Crippen LogP) is 4.37. The predicted molar refractivity (Wildman–Crippen MR) is 151 cm³/mol. The molecule has 1 aliphatic carbocycles. The van der Waals surface area contributed by atoms with E-state index in [0.717, 1.165) is 19.3 Å². The van der Waals surface area contributed by atoms with Crippen molar-refractivity contribution < 1.29 is 13.9 Å².